The van der Waals surface area contributed by atoms with Crippen molar-refractivity contribution in [2.75, 3.05) is 11.9 Å². The zero-order valence-electron chi connectivity index (χ0n) is 11.5. The van der Waals surface area contributed by atoms with E-state index in [0.29, 0.717) is 6.54 Å². The molecule has 0 bridgehead atoms. The van der Waals surface area contributed by atoms with Crippen molar-refractivity contribution in [2.24, 2.45) is 5.73 Å². The molecule has 4 N–H and O–H groups in total. The van der Waals surface area contributed by atoms with Crippen LogP contribution in [0.2, 0.25) is 0 Å². The van der Waals surface area contributed by atoms with Crippen LogP contribution in [0.15, 0.2) is 6.07 Å². The van der Waals surface area contributed by atoms with E-state index in [0.717, 1.165) is 5.69 Å². The first-order valence-corrected chi connectivity index (χ1v) is 6.11. The number of nitrogens with one attached hydrogen (secondary N) is 1. The van der Waals surface area contributed by atoms with E-state index in [1.54, 1.807) is 0 Å². The van der Waals surface area contributed by atoms with Crippen LogP contribution in [-0.4, -0.2) is 23.7 Å². The molecule has 1 unspecified atom stereocenters. The molecule has 1 rings (SSSR count). The number of anilines is 1. The van der Waals surface area contributed by atoms with Crippen molar-refractivity contribution < 1.29 is 9.90 Å². The van der Waals surface area contributed by atoms with Crippen LogP contribution < -0.4 is 11.1 Å². The molecule has 0 aliphatic carbocycles. The second kappa shape index (κ2) is 5.87. The van der Waals surface area contributed by atoms with Crippen molar-refractivity contribution in [1.29, 1.82) is 0 Å². The summed E-state index contributed by atoms with van der Waals surface area (Å²) in [5, 5.41) is 12.0. The number of aliphatic carboxylic acids is 1. The average Bonchev–Trinajstić information content (AvgIpc) is 2.25. The summed E-state index contributed by atoms with van der Waals surface area (Å²) in [5.41, 5.74) is 11.7. The van der Waals surface area contributed by atoms with Crippen LogP contribution in [0.5, 0.6) is 0 Å². The fraction of sp³-hybridized carbons (Fsp3) is 0.500. The highest BCUT2D eigenvalue weighted by Crippen LogP contribution is 2.26. The smallest absolute Gasteiger partial charge is 0.304 e. The number of aryl methyl sites for hydroxylation is 2. The molecule has 4 heteroatoms. The lowest BCUT2D eigenvalue weighted by molar-refractivity contribution is -0.137. The van der Waals surface area contributed by atoms with Gasteiger partial charge in [0.1, 0.15) is 0 Å². The molecule has 0 spiro atoms. The highest BCUT2D eigenvalue weighted by atomic mass is 16.4. The molecule has 0 aliphatic rings. The molecule has 0 fully saturated rings. The summed E-state index contributed by atoms with van der Waals surface area (Å²) >= 11 is 0. The van der Waals surface area contributed by atoms with Gasteiger partial charge in [0.05, 0.1) is 6.42 Å². The van der Waals surface area contributed by atoms with E-state index in [1.807, 2.05) is 0 Å². The monoisotopic (exact) mass is 250 g/mol. The number of carboxylic acid groups (broad SMARTS) is 1. The fourth-order valence-corrected chi connectivity index (χ4v) is 2.01. The Labute approximate surface area is 108 Å². The Kier molecular flexibility index (Phi) is 4.73. The Balaban J connectivity index is 2.82. The van der Waals surface area contributed by atoms with Crippen molar-refractivity contribution >= 4 is 11.7 Å². The van der Waals surface area contributed by atoms with Gasteiger partial charge in [-0.3, -0.25) is 4.79 Å². The molecule has 100 valence electrons. The van der Waals surface area contributed by atoms with Gasteiger partial charge in [-0.05, 0) is 49.9 Å². The molecule has 0 radical (unpaired) electrons. The standard InChI is InChI=1S/C14H22N2O2/c1-8-5-9(2)11(4)14(10(8)3)16-7-12(15)6-13(17)18/h5,12,16H,6-7,15H2,1-4H3,(H,17,18). The third-order valence-electron chi connectivity index (χ3n) is 3.34. The zero-order chi connectivity index (χ0) is 13.9. The van der Waals surface area contributed by atoms with Gasteiger partial charge in [-0.25, -0.2) is 0 Å². The lowest BCUT2D eigenvalue weighted by atomic mass is 9.98. The van der Waals surface area contributed by atoms with Crippen molar-refractivity contribution in [3.8, 4) is 0 Å². The summed E-state index contributed by atoms with van der Waals surface area (Å²) in [4.78, 5) is 10.6. The number of hydrogen-bond donors (Lipinski definition) is 3. The second-order valence-corrected chi connectivity index (χ2v) is 4.87. The van der Waals surface area contributed by atoms with Crippen LogP contribution in [0.3, 0.4) is 0 Å². The SMILES string of the molecule is Cc1cc(C)c(C)c(NCC(N)CC(=O)O)c1C. The lowest BCUT2D eigenvalue weighted by Gasteiger charge is -2.19. The Morgan fingerprint density at radius 3 is 2.22 bits per heavy atom. The highest BCUT2D eigenvalue weighted by Gasteiger charge is 2.11. The summed E-state index contributed by atoms with van der Waals surface area (Å²) in [7, 11) is 0. The maximum absolute atomic E-state index is 10.6. The minimum absolute atomic E-state index is 0.0180. The van der Waals surface area contributed by atoms with Crippen LogP contribution in [0.25, 0.3) is 0 Å². The molecule has 0 heterocycles. The number of carboxylic acids is 1. The van der Waals surface area contributed by atoms with Crippen molar-refractivity contribution in [2.45, 2.75) is 40.2 Å². The number of hydrogen-bond acceptors (Lipinski definition) is 3. The second-order valence-electron chi connectivity index (χ2n) is 4.87. The van der Waals surface area contributed by atoms with Crippen LogP contribution >= 0.6 is 0 Å². The molecule has 1 aromatic rings. The van der Waals surface area contributed by atoms with Gasteiger partial charge < -0.3 is 16.2 Å². The maximum Gasteiger partial charge on any atom is 0.304 e. The van der Waals surface area contributed by atoms with Gasteiger partial charge in [0.15, 0.2) is 0 Å². The van der Waals surface area contributed by atoms with Gasteiger partial charge in [-0.1, -0.05) is 6.07 Å². The zero-order valence-corrected chi connectivity index (χ0v) is 11.5. The first-order valence-electron chi connectivity index (χ1n) is 6.11. The Morgan fingerprint density at radius 1 is 1.28 bits per heavy atom. The molecule has 0 aromatic heterocycles. The minimum atomic E-state index is -0.863. The van der Waals surface area contributed by atoms with E-state index in [2.05, 4.69) is 39.1 Å². The van der Waals surface area contributed by atoms with Crippen LogP contribution in [-0.2, 0) is 4.79 Å². The number of benzene rings is 1. The maximum atomic E-state index is 10.6. The molecule has 0 saturated carbocycles. The number of nitrogens with two attached hydrogens (primary N) is 1. The van der Waals surface area contributed by atoms with Crippen LogP contribution in [0.1, 0.15) is 28.7 Å². The van der Waals surface area contributed by atoms with Gasteiger partial charge in [-0.15, -0.1) is 0 Å². The number of carbonyl (C=O) groups is 1. The summed E-state index contributed by atoms with van der Waals surface area (Å²) in [5.74, 6) is -0.863. The van der Waals surface area contributed by atoms with E-state index in [1.165, 1.54) is 22.3 Å². The number of rotatable bonds is 5. The molecule has 0 amide bonds. The minimum Gasteiger partial charge on any atom is -0.481 e. The predicted octanol–water partition coefficient (Wildman–Crippen LogP) is 2.13. The van der Waals surface area contributed by atoms with Gasteiger partial charge in [0.25, 0.3) is 0 Å². The third-order valence-corrected chi connectivity index (χ3v) is 3.34. The molecule has 4 nitrogen and oxygen atoms in total. The molecule has 1 atom stereocenters. The normalized spacial score (nSPS) is 12.3. The van der Waals surface area contributed by atoms with E-state index >= 15 is 0 Å². The Hall–Kier alpha value is -1.55. The summed E-state index contributed by atoms with van der Waals surface area (Å²) < 4.78 is 0. The summed E-state index contributed by atoms with van der Waals surface area (Å²) in [6.07, 6.45) is -0.0180. The molecular weight excluding hydrogens is 228 g/mol. The first-order chi connectivity index (χ1) is 8.32. The van der Waals surface area contributed by atoms with Crippen LogP contribution in [0.4, 0.5) is 5.69 Å². The van der Waals surface area contributed by atoms with Crippen molar-refractivity contribution in [3.63, 3.8) is 0 Å². The highest BCUT2D eigenvalue weighted by molar-refractivity contribution is 5.68. The van der Waals surface area contributed by atoms with E-state index in [4.69, 9.17) is 10.8 Å². The quantitative estimate of drug-likeness (QED) is 0.748. The summed E-state index contributed by atoms with van der Waals surface area (Å²) in [6, 6.07) is 1.79. The topological polar surface area (TPSA) is 75.3 Å². The third kappa shape index (κ3) is 3.47. The first kappa shape index (κ1) is 14.5. The Morgan fingerprint density at radius 2 is 1.78 bits per heavy atom. The fourth-order valence-electron chi connectivity index (χ4n) is 2.01. The van der Waals surface area contributed by atoms with Crippen molar-refractivity contribution in [1.82, 2.24) is 0 Å². The van der Waals surface area contributed by atoms with Gasteiger partial charge in [0, 0.05) is 18.3 Å². The van der Waals surface area contributed by atoms with Crippen molar-refractivity contribution in [3.05, 3.63) is 28.3 Å². The predicted molar refractivity (Wildman–Crippen MR) is 74.1 cm³/mol. The van der Waals surface area contributed by atoms with Gasteiger partial charge in [-0.2, -0.15) is 0 Å². The van der Waals surface area contributed by atoms with Gasteiger partial charge >= 0.3 is 5.97 Å². The molecule has 0 saturated heterocycles. The van der Waals surface area contributed by atoms with E-state index < -0.39 is 5.97 Å². The molecular formula is C14H22N2O2. The Bertz CT molecular complexity index is 429. The molecule has 18 heavy (non-hydrogen) atoms. The van der Waals surface area contributed by atoms with E-state index in [-0.39, 0.29) is 12.5 Å². The van der Waals surface area contributed by atoms with Gasteiger partial charge in [0.2, 0.25) is 0 Å². The van der Waals surface area contributed by atoms with E-state index in [9.17, 15) is 4.79 Å². The molecule has 1 aromatic carbocycles. The average molecular weight is 250 g/mol. The van der Waals surface area contributed by atoms with Crippen LogP contribution in [0, 0.1) is 27.7 Å². The lowest BCUT2D eigenvalue weighted by Crippen LogP contribution is -2.31. The summed E-state index contributed by atoms with van der Waals surface area (Å²) in [6.45, 7) is 8.74. The molecule has 0 aliphatic heterocycles. The largest absolute Gasteiger partial charge is 0.481 e.